The first kappa shape index (κ1) is 26.1. The van der Waals surface area contributed by atoms with Gasteiger partial charge in [-0.25, -0.2) is 8.78 Å². The number of carbonyl (C=O) groups is 1. The van der Waals surface area contributed by atoms with Crippen LogP contribution in [0.2, 0.25) is 0 Å². The highest BCUT2D eigenvalue weighted by atomic mass is 127. The minimum atomic E-state index is -1.29. The zero-order valence-electron chi connectivity index (χ0n) is 17.3. The number of rotatable bonds is 7. The highest BCUT2D eigenvalue weighted by Gasteiger charge is 2.35. The fourth-order valence-corrected chi connectivity index (χ4v) is 4.18. The Morgan fingerprint density at radius 2 is 1.71 bits per heavy atom. The Hall–Kier alpha value is -1.18. The summed E-state index contributed by atoms with van der Waals surface area (Å²) in [7, 11) is 2.81. The summed E-state index contributed by atoms with van der Waals surface area (Å²) in [6.45, 7) is 0.847. The van der Waals surface area contributed by atoms with E-state index in [9.17, 15) is 13.6 Å². The molecule has 1 amide bonds. The molecule has 0 unspecified atom stereocenters. The number of hydrogen-bond acceptors (Lipinski definition) is 4. The van der Waals surface area contributed by atoms with Crippen molar-refractivity contribution in [1.29, 1.82) is 0 Å². The normalized spacial score (nSPS) is 13.4. The van der Waals surface area contributed by atoms with Crippen LogP contribution in [0.15, 0.2) is 41.4 Å². The third-order valence-corrected chi connectivity index (χ3v) is 6.15. The smallest absolute Gasteiger partial charge is 0.217 e. The number of methoxy groups -OCH3 is 2. The second-order valence-electron chi connectivity index (χ2n) is 6.81. The monoisotopic (exact) mass is 656 g/mol. The number of benzene rings is 2. The molecule has 0 fully saturated rings. The predicted molar refractivity (Wildman–Crippen MR) is 133 cm³/mol. The van der Waals surface area contributed by atoms with Crippen molar-refractivity contribution in [3.8, 4) is 0 Å². The number of aliphatic imine (C=N–C) groups is 1. The van der Waals surface area contributed by atoms with Crippen molar-refractivity contribution in [2.45, 2.75) is 31.5 Å². The molecule has 3 rings (SSSR count). The number of hydrogen-bond donors (Lipinski definition) is 1. The molecule has 9 heteroatoms. The van der Waals surface area contributed by atoms with Crippen molar-refractivity contribution < 1.29 is 23.0 Å². The summed E-state index contributed by atoms with van der Waals surface area (Å²) in [6.07, 6.45) is 2.18. The lowest BCUT2D eigenvalue weighted by molar-refractivity contribution is -0.222. The van der Waals surface area contributed by atoms with Gasteiger partial charge in [0, 0.05) is 57.6 Å². The van der Waals surface area contributed by atoms with Crippen LogP contribution in [0.1, 0.15) is 36.8 Å². The highest BCUT2D eigenvalue weighted by molar-refractivity contribution is 14.1. The summed E-state index contributed by atoms with van der Waals surface area (Å²) in [6, 6.07) is 9.76. The second-order valence-corrected chi connectivity index (χ2v) is 9.30. The minimum absolute atomic E-state index is 0.0482. The van der Waals surface area contributed by atoms with Gasteiger partial charge in [0.15, 0.2) is 5.79 Å². The van der Waals surface area contributed by atoms with Crippen molar-refractivity contribution in [2.24, 2.45) is 10.7 Å². The average Bonchev–Trinajstić information content (AvgIpc) is 3.28. The van der Waals surface area contributed by atoms with E-state index in [-0.39, 0.29) is 24.2 Å². The summed E-state index contributed by atoms with van der Waals surface area (Å²) in [4.78, 5) is 15.2. The maximum Gasteiger partial charge on any atom is 0.217 e. The Bertz CT molecular complexity index is 950. The molecule has 1 aliphatic heterocycles. The van der Waals surface area contributed by atoms with Crippen LogP contribution in [0, 0.1) is 18.8 Å². The molecular weight excluding hydrogens is 632 g/mol. The maximum atomic E-state index is 13.9. The van der Waals surface area contributed by atoms with Crippen LogP contribution < -0.4 is 5.73 Å². The predicted octanol–water partition coefficient (Wildman–Crippen LogP) is 5.15. The first-order valence-electron chi connectivity index (χ1n) is 9.55. The van der Waals surface area contributed by atoms with Gasteiger partial charge in [-0.1, -0.05) is 0 Å². The van der Waals surface area contributed by atoms with Crippen LogP contribution in [-0.4, -0.2) is 32.4 Å². The van der Waals surface area contributed by atoms with Gasteiger partial charge in [0.05, 0.1) is 0 Å². The van der Waals surface area contributed by atoms with Crippen LogP contribution >= 0.6 is 45.2 Å². The van der Waals surface area contributed by atoms with Crippen molar-refractivity contribution in [3.63, 3.8) is 0 Å². The fraction of sp³-hybridized carbons (Fsp3) is 0.364. The lowest BCUT2D eigenvalue weighted by atomic mass is 9.99. The third kappa shape index (κ3) is 7.16. The van der Waals surface area contributed by atoms with E-state index in [1.54, 1.807) is 18.2 Å². The van der Waals surface area contributed by atoms with E-state index < -0.39 is 17.5 Å². The van der Waals surface area contributed by atoms with Gasteiger partial charge in [-0.3, -0.25) is 9.79 Å². The zero-order valence-corrected chi connectivity index (χ0v) is 21.6. The molecule has 31 heavy (non-hydrogen) atoms. The largest absolute Gasteiger partial charge is 0.370 e. The molecule has 0 radical (unpaired) electrons. The number of ether oxygens (including phenoxy) is 2. The van der Waals surface area contributed by atoms with Crippen LogP contribution in [0.25, 0.3) is 0 Å². The van der Waals surface area contributed by atoms with E-state index in [1.807, 2.05) is 6.07 Å². The number of halogens is 4. The molecule has 1 heterocycles. The Labute approximate surface area is 208 Å². The molecule has 0 aromatic heterocycles. The Morgan fingerprint density at radius 1 is 1.10 bits per heavy atom. The van der Waals surface area contributed by atoms with Crippen molar-refractivity contribution in [1.82, 2.24) is 0 Å². The first-order valence-corrected chi connectivity index (χ1v) is 11.7. The molecule has 1 aliphatic rings. The van der Waals surface area contributed by atoms with Gasteiger partial charge in [0.25, 0.3) is 0 Å². The summed E-state index contributed by atoms with van der Waals surface area (Å²) in [5.41, 5.74) is 6.99. The maximum absolute atomic E-state index is 13.9. The van der Waals surface area contributed by atoms with Crippen molar-refractivity contribution in [2.75, 3.05) is 20.8 Å². The lowest BCUT2D eigenvalue weighted by Crippen LogP contribution is -2.33. The van der Waals surface area contributed by atoms with Gasteiger partial charge in [0.1, 0.15) is 11.6 Å². The Morgan fingerprint density at radius 3 is 2.26 bits per heavy atom. The zero-order chi connectivity index (χ0) is 23.0. The summed E-state index contributed by atoms with van der Waals surface area (Å²) in [5, 5.41) is 0. The van der Waals surface area contributed by atoms with Gasteiger partial charge in [0.2, 0.25) is 5.91 Å². The van der Waals surface area contributed by atoms with Gasteiger partial charge in [-0.05, 0) is 94.4 Å². The van der Waals surface area contributed by atoms with Crippen molar-refractivity contribution in [3.05, 3.63) is 66.3 Å². The summed E-state index contributed by atoms with van der Waals surface area (Å²) < 4.78 is 39.7. The molecule has 5 nitrogen and oxygen atoms in total. The quantitative estimate of drug-likeness (QED) is 0.331. The molecular formula is C22H24F2I2N2O3. The van der Waals surface area contributed by atoms with Crippen molar-refractivity contribution >= 4 is 56.8 Å². The molecule has 0 saturated heterocycles. The number of carbonyl (C=O) groups excluding carboxylic acids is 1. The standard InChI is InChI=1S/C12H15FINO3.C10H9FIN/c1-17-12(18-2,6-5-11(15)16)9-7-8(14)3-4-10(9)13;11-9-4-3-7(12)6-8(9)10-2-1-5-13-10/h3-4,7H,5-6H2,1-2H3,(H2,15,16);3-4,6H,1-2,5H2. The molecule has 2 N–H and O–H groups in total. The Kier molecular flexibility index (Phi) is 10.2. The highest BCUT2D eigenvalue weighted by Crippen LogP contribution is 2.33. The summed E-state index contributed by atoms with van der Waals surface area (Å²) >= 11 is 4.25. The van der Waals surface area contributed by atoms with E-state index in [4.69, 9.17) is 15.2 Å². The fourth-order valence-electron chi connectivity index (χ4n) is 3.20. The van der Waals surface area contributed by atoms with Gasteiger partial charge >= 0.3 is 0 Å². The molecule has 2 aromatic carbocycles. The molecule has 2 aromatic rings. The van der Waals surface area contributed by atoms with Crippen LogP contribution in [0.3, 0.4) is 0 Å². The van der Waals surface area contributed by atoms with Crippen LogP contribution in [0.5, 0.6) is 0 Å². The van der Waals surface area contributed by atoms with E-state index in [0.29, 0.717) is 5.56 Å². The van der Waals surface area contributed by atoms with Gasteiger partial charge in [-0.15, -0.1) is 0 Å². The molecule has 0 spiro atoms. The average molecular weight is 656 g/mol. The molecule has 0 saturated carbocycles. The number of amides is 1. The lowest BCUT2D eigenvalue weighted by Gasteiger charge is -2.31. The van der Waals surface area contributed by atoms with E-state index in [2.05, 4.69) is 50.2 Å². The van der Waals surface area contributed by atoms with E-state index >= 15 is 0 Å². The van der Waals surface area contributed by atoms with Crippen LogP contribution in [0.4, 0.5) is 8.78 Å². The third-order valence-electron chi connectivity index (χ3n) is 4.81. The van der Waals surface area contributed by atoms with E-state index in [1.165, 1.54) is 26.4 Å². The minimum Gasteiger partial charge on any atom is -0.370 e. The number of nitrogens with zero attached hydrogens (tertiary/aromatic N) is 1. The second kappa shape index (κ2) is 12.2. The SMILES string of the molecule is COC(CCC(N)=O)(OC)c1cc(I)ccc1F.Fc1ccc(I)cc1C1=NCCC1. The molecule has 168 valence electrons. The number of nitrogens with two attached hydrogens (primary N) is 1. The van der Waals surface area contributed by atoms with Gasteiger partial charge in [-0.2, -0.15) is 0 Å². The molecule has 0 atom stereocenters. The van der Waals surface area contributed by atoms with E-state index in [0.717, 1.165) is 32.2 Å². The molecule has 0 bridgehead atoms. The van der Waals surface area contributed by atoms with Gasteiger partial charge < -0.3 is 15.2 Å². The number of primary amides is 1. The molecule has 0 aliphatic carbocycles. The Balaban J connectivity index is 0.000000231. The summed E-state index contributed by atoms with van der Waals surface area (Å²) in [5.74, 6) is -2.37. The topological polar surface area (TPSA) is 73.9 Å². The first-order chi connectivity index (χ1) is 14.7. The van der Waals surface area contributed by atoms with Crippen LogP contribution in [-0.2, 0) is 20.1 Å².